The van der Waals surface area contributed by atoms with Crippen LogP contribution in [0.1, 0.15) is 33.3 Å². The van der Waals surface area contributed by atoms with Gasteiger partial charge in [-0.3, -0.25) is 4.79 Å². The number of hydrogen-bond donors (Lipinski definition) is 0. The first-order valence-corrected chi connectivity index (χ1v) is 9.64. The minimum atomic E-state index is -0.668. The van der Waals surface area contributed by atoms with Crippen LogP contribution in [0.5, 0.6) is 0 Å². The second-order valence-electron chi connectivity index (χ2n) is 6.03. The molecule has 8 heteroatoms. The SMILES string of the molecule is CCOC(=O)c1nn(-c2ccccc2)cc1/C=C(/C#N)C(=O)c1c(Cl)cccc1Cl. The van der Waals surface area contributed by atoms with E-state index in [0.717, 1.165) is 0 Å². The van der Waals surface area contributed by atoms with Gasteiger partial charge in [-0.1, -0.05) is 47.5 Å². The van der Waals surface area contributed by atoms with Gasteiger partial charge in [0.2, 0.25) is 5.78 Å². The molecule has 0 aliphatic carbocycles. The van der Waals surface area contributed by atoms with E-state index in [9.17, 15) is 14.9 Å². The molecule has 0 aliphatic heterocycles. The molecular weight excluding hydrogens is 425 g/mol. The predicted octanol–water partition coefficient (Wildman–Crippen LogP) is 5.15. The highest BCUT2D eigenvalue weighted by Crippen LogP contribution is 2.28. The molecule has 150 valence electrons. The van der Waals surface area contributed by atoms with E-state index < -0.39 is 11.8 Å². The lowest BCUT2D eigenvalue weighted by Crippen LogP contribution is -2.08. The molecule has 3 rings (SSSR count). The molecule has 0 unspecified atom stereocenters. The van der Waals surface area contributed by atoms with Crippen LogP contribution in [0, 0.1) is 11.3 Å². The van der Waals surface area contributed by atoms with Crippen molar-refractivity contribution in [1.29, 1.82) is 5.26 Å². The standard InChI is InChI=1S/C22H15Cl2N3O3/c1-2-30-22(29)20-15(13-27(26-20)16-7-4-3-5-8-16)11-14(12-25)21(28)19-17(23)9-6-10-18(19)24/h3-11,13H,2H2,1H3/b14-11-. The lowest BCUT2D eigenvalue weighted by Gasteiger charge is -2.05. The van der Waals surface area contributed by atoms with Crippen molar-refractivity contribution >= 4 is 41.0 Å². The minimum Gasteiger partial charge on any atom is -0.461 e. The summed E-state index contributed by atoms with van der Waals surface area (Å²) in [7, 11) is 0. The van der Waals surface area contributed by atoms with Crippen LogP contribution in [-0.4, -0.2) is 28.1 Å². The number of nitrogens with zero attached hydrogens (tertiary/aromatic N) is 3. The summed E-state index contributed by atoms with van der Waals surface area (Å²) < 4.78 is 6.53. The summed E-state index contributed by atoms with van der Waals surface area (Å²) in [5.74, 6) is -1.32. The summed E-state index contributed by atoms with van der Waals surface area (Å²) in [5.41, 5.74) is 0.698. The molecule has 0 N–H and O–H groups in total. The number of Topliss-reactive ketones (excluding diaryl/α,β-unsaturated/α-hetero) is 1. The number of allylic oxidation sites excluding steroid dienone is 1. The summed E-state index contributed by atoms with van der Waals surface area (Å²) in [6, 6.07) is 15.6. The highest BCUT2D eigenvalue weighted by molar-refractivity contribution is 6.41. The molecule has 0 spiro atoms. The predicted molar refractivity (Wildman–Crippen MR) is 114 cm³/mol. The van der Waals surface area contributed by atoms with Crippen LogP contribution in [0.3, 0.4) is 0 Å². The Morgan fingerprint density at radius 2 is 1.80 bits per heavy atom. The molecule has 0 saturated carbocycles. The maximum atomic E-state index is 12.9. The van der Waals surface area contributed by atoms with E-state index >= 15 is 0 Å². The van der Waals surface area contributed by atoms with Crippen LogP contribution in [-0.2, 0) is 4.74 Å². The maximum Gasteiger partial charge on any atom is 0.359 e. The van der Waals surface area contributed by atoms with E-state index in [4.69, 9.17) is 27.9 Å². The van der Waals surface area contributed by atoms with Gasteiger partial charge in [0.1, 0.15) is 11.6 Å². The Bertz CT molecular complexity index is 1160. The van der Waals surface area contributed by atoms with Crippen LogP contribution < -0.4 is 0 Å². The number of hydrogen-bond acceptors (Lipinski definition) is 5. The Labute approximate surface area is 182 Å². The van der Waals surface area contributed by atoms with Gasteiger partial charge in [0.25, 0.3) is 0 Å². The number of aromatic nitrogens is 2. The van der Waals surface area contributed by atoms with Gasteiger partial charge in [0.05, 0.1) is 27.9 Å². The Balaban J connectivity index is 2.11. The van der Waals surface area contributed by atoms with E-state index in [1.54, 1.807) is 31.3 Å². The van der Waals surface area contributed by atoms with Crippen molar-refractivity contribution in [2.24, 2.45) is 0 Å². The third-order valence-electron chi connectivity index (χ3n) is 4.09. The number of ether oxygens (including phenoxy) is 1. The van der Waals surface area contributed by atoms with Gasteiger partial charge in [-0.25, -0.2) is 9.48 Å². The van der Waals surface area contributed by atoms with Crippen LogP contribution >= 0.6 is 23.2 Å². The van der Waals surface area contributed by atoms with Crippen LogP contribution in [0.15, 0.2) is 60.3 Å². The fraction of sp³-hybridized carbons (Fsp3) is 0.0909. The highest BCUT2D eigenvalue weighted by atomic mass is 35.5. The third kappa shape index (κ3) is 4.43. The zero-order valence-electron chi connectivity index (χ0n) is 15.8. The molecule has 0 bridgehead atoms. The fourth-order valence-corrected chi connectivity index (χ4v) is 3.29. The van der Waals surface area contributed by atoms with E-state index in [1.165, 1.54) is 22.9 Å². The zero-order valence-corrected chi connectivity index (χ0v) is 17.3. The molecule has 0 fully saturated rings. The van der Waals surface area contributed by atoms with Gasteiger partial charge < -0.3 is 4.74 Å². The number of carbonyl (C=O) groups is 2. The second-order valence-corrected chi connectivity index (χ2v) is 6.84. The van der Waals surface area contributed by atoms with E-state index in [-0.39, 0.29) is 39.0 Å². The number of esters is 1. The van der Waals surface area contributed by atoms with Crippen molar-refractivity contribution in [2.75, 3.05) is 6.61 Å². The summed E-state index contributed by atoms with van der Waals surface area (Å²) >= 11 is 12.2. The molecule has 0 aliphatic rings. The second kappa shape index (κ2) is 9.40. The lowest BCUT2D eigenvalue weighted by atomic mass is 10.0. The molecule has 30 heavy (non-hydrogen) atoms. The number of para-hydroxylation sites is 1. The summed E-state index contributed by atoms with van der Waals surface area (Å²) in [4.78, 5) is 25.3. The Kier molecular flexibility index (Phi) is 6.68. The molecule has 1 heterocycles. The quantitative estimate of drug-likeness (QED) is 0.229. The van der Waals surface area contributed by atoms with Crippen molar-refractivity contribution in [3.05, 3.63) is 87.2 Å². The lowest BCUT2D eigenvalue weighted by molar-refractivity contribution is 0.0518. The van der Waals surface area contributed by atoms with E-state index in [2.05, 4.69) is 5.10 Å². The van der Waals surface area contributed by atoms with Gasteiger partial charge in [-0.2, -0.15) is 10.4 Å². The third-order valence-corrected chi connectivity index (χ3v) is 4.72. The van der Waals surface area contributed by atoms with E-state index in [1.807, 2.05) is 24.3 Å². The van der Waals surface area contributed by atoms with E-state index in [0.29, 0.717) is 5.69 Å². The summed E-state index contributed by atoms with van der Waals surface area (Å²) in [6.45, 7) is 1.82. The molecule has 2 aromatic carbocycles. The minimum absolute atomic E-state index is 0.0155. The topological polar surface area (TPSA) is 85.0 Å². The Hall–Kier alpha value is -3.40. The molecule has 0 radical (unpaired) electrons. The molecule has 3 aromatic rings. The first-order valence-electron chi connectivity index (χ1n) is 8.89. The summed E-state index contributed by atoms with van der Waals surface area (Å²) in [6.07, 6.45) is 2.82. The first-order chi connectivity index (χ1) is 14.5. The van der Waals surface area contributed by atoms with Crippen molar-refractivity contribution < 1.29 is 14.3 Å². The molecule has 0 saturated heterocycles. The number of carbonyl (C=O) groups excluding carboxylic acids is 2. The van der Waals surface area contributed by atoms with Gasteiger partial charge in [-0.05, 0) is 37.3 Å². The number of ketones is 1. The van der Waals surface area contributed by atoms with Gasteiger partial charge in [-0.15, -0.1) is 0 Å². The van der Waals surface area contributed by atoms with Gasteiger partial charge in [0, 0.05) is 11.8 Å². The molecule has 6 nitrogen and oxygen atoms in total. The van der Waals surface area contributed by atoms with Crippen molar-refractivity contribution in [3.63, 3.8) is 0 Å². The van der Waals surface area contributed by atoms with Crippen molar-refractivity contribution in [3.8, 4) is 11.8 Å². The molecule has 0 amide bonds. The van der Waals surface area contributed by atoms with Crippen molar-refractivity contribution in [2.45, 2.75) is 6.92 Å². The monoisotopic (exact) mass is 439 g/mol. The normalized spacial score (nSPS) is 11.1. The average Bonchev–Trinajstić information content (AvgIpc) is 3.16. The fourth-order valence-electron chi connectivity index (χ4n) is 2.72. The van der Waals surface area contributed by atoms with Crippen LogP contribution in [0.2, 0.25) is 10.0 Å². The molecule has 1 aromatic heterocycles. The Morgan fingerprint density at radius 1 is 1.13 bits per heavy atom. The largest absolute Gasteiger partial charge is 0.461 e. The summed E-state index contributed by atoms with van der Waals surface area (Å²) in [5, 5.41) is 14.1. The number of nitriles is 1. The maximum absolute atomic E-state index is 12.9. The number of halogens is 2. The zero-order chi connectivity index (χ0) is 21.7. The number of rotatable bonds is 6. The number of benzene rings is 2. The molecular formula is C22H15Cl2N3O3. The average molecular weight is 440 g/mol. The Morgan fingerprint density at radius 3 is 2.40 bits per heavy atom. The van der Waals surface area contributed by atoms with Crippen LogP contribution in [0.4, 0.5) is 0 Å². The smallest absolute Gasteiger partial charge is 0.359 e. The van der Waals surface area contributed by atoms with Gasteiger partial charge in [0.15, 0.2) is 5.69 Å². The first kappa shape index (κ1) is 21.3. The van der Waals surface area contributed by atoms with Crippen LogP contribution in [0.25, 0.3) is 11.8 Å². The highest BCUT2D eigenvalue weighted by Gasteiger charge is 2.22. The van der Waals surface area contributed by atoms with Gasteiger partial charge >= 0.3 is 5.97 Å². The molecule has 0 atom stereocenters. The van der Waals surface area contributed by atoms with Crippen molar-refractivity contribution in [1.82, 2.24) is 9.78 Å².